The highest BCUT2D eigenvalue weighted by Crippen LogP contribution is 2.20. The van der Waals surface area contributed by atoms with Crippen molar-refractivity contribution < 1.29 is 17.9 Å². The van der Waals surface area contributed by atoms with Crippen LogP contribution in [0.3, 0.4) is 0 Å². The summed E-state index contributed by atoms with van der Waals surface area (Å²) in [6.45, 7) is 2.21. The average Bonchev–Trinajstić information content (AvgIpc) is 1.86. The number of hydrogen-bond donors (Lipinski definition) is 1. The third-order valence-electron chi connectivity index (χ3n) is 1.20. The van der Waals surface area contributed by atoms with Crippen molar-refractivity contribution in [1.29, 1.82) is 0 Å². The first-order valence-electron chi connectivity index (χ1n) is 3.38. The van der Waals surface area contributed by atoms with E-state index in [0.717, 1.165) is 0 Å². The minimum Gasteiger partial charge on any atom is -0.382 e. The van der Waals surface area contributed by atoms with Gasteiger partial charge in [0.05, 0.1) is 0 Å². The molecule has 0 aromatic rings. The summed E-state index contributed by atoms with van der Waals surface area (Å²) in [5.74, 6) is 0. The Morgan fingerprint density at radius 2 is 2.00 bits per heavy atom. The Kier molecular flexibility index (Phi) is 4.44. The van der Waals surface area contributed by atoms with Gasteiger partial charge in [-0.25, -0.2) is 0 Å². The van der Waals surface area contributed by atoms with Crippen LogP contribution in [0.1, 0.15) is 13.3 Å². The van der Waals surface area contributed by atoms with E-state index in [1.165, 1.54) is 0 Å². The quantitative estimate of drug-likeness (QED) is 0.647. The molecular weight excluding hydrogens is 159 g/mol. The molecule has 0 aromatic carbocycles. The largest absolute Gasteiger partial charge is 0.403 e. The maximum absolute atomic E-state index is 11.7. The molecule has 0 rings (SSSR count). The van der Waals surface area contributed by atoms with Crippen molar-refractivity contribution in [3.8, 4) is 0 Å². The maximum atomic E-state index is 11.7. The Bertz CT molecular complexity index is 104. The molecule has 0 amide bonds. The van der Waals surface area contributed by atoms with E-state index in [0.29, 0.717) is 6.61 Å². The molecule has 1 atom stereocenters. The summed E-state index contributed by atoms with van der Waals surface area (Å²) in [6.07, 6.45) is -4.46. The monoisotopic (exact) mass is 171 g/mol. The fourth-order valence-electron chi connectivity index (χ4n) is 0.518. The van der Waals surface area contributed by atoms with Crippen molar-refractivity contribution >= 4 is 0 Å². The highest BCUT2D eigenvalue weighted by Gasteiger charge is 2.35. The van der Waals surface area contributed by atoms with Crippen molar-refractivity contribution in [2.24, 2.45) is 5.73 Å². The Labute approximate surface area is 63.5 Å². The number of alkyl halides is 3. The second-order valence-corrected chi connectivity index (χ2v) is 2.13. The van der Waals surface area contributed by atoms with E-state index >= 15 is 0 Å². The zero-order valence-corrected chi connectivity index (χ0v) is 6.32. The zero-order valence-electron chi connectivity index (χ0n) is 6.32. The van der Waals surface area contributed by atoms with Crippen LogP contribution in [0.4, 0.5) is 13.2 Å². The van der Waals surface area contributed by atoms with Gasteiger partial charge in [-0.05, 0) is 13.3 Å². The molecule has 2 nitrogen and oxygen atoms in total. The molecule has 0 saturated carbocycles. The molecule has 68 valence electrons. The molecule has 5 heteroatoms. The van der Waals surface area contributed by atoms with Crippen LogP contribution >= 0.6 is 0 Å². The van der Waals surface area contributed by atoms with Crippen molar-refractivity contribution in [3.05, 3.63) is 0 Å². The van der Waals surface area contributed by atoms with E-state index in [2.05, 4.69) is 0 Å². The molecule has 0 aliphatic carbocycles. The predicted octanol–water partition coefficient (Wildman–Crippen LogP) is 1.30. The molecular formula is C6H12F3NO. The second kappa shape index (κ2) is 4.56. The van der Waals surface area contributed by atoms with Gasteiger partial charge in [-0.1, -0.05) is 0 Å². The molecule has 0 aliphatic heterocycles. The molecule has 0 bridgehead atoms. The molecule has 11 heavy (non-hydrogen) atoms. The highest BCUT2D eigenvalue weighted by atomic mass is 19.4. The minimum atomic E-state index is -4.29. The molecule has 0 aromatic heterocycles. The van der Waals surface area contributed by atoms with E-state index in [4.69, 9.17) is 10.5 Å². The highest BCUT2D eigenvalue weighted by molar-refractivity contribution is 4.69. The summed E-state index contributed by atoms with van der Waals surface area (Å²) < 4.78 is 39.8. The van der Waals surface area contributed by atoms with Gasteiger partial charge >= 0.3 is 6.18 Å². The normalized spacial score (nSPS) is 15.0. The molecule has 0 aliphatic rings. The Morgan fingerprint density at radius 3 is 2.36 bits per heavy atom. The fourth-order valence-corrected chi connectivity index (χ4v) is 0.518. The van der Waals surface area contributed by atoms with Crippen LogP contribution in [0, 0.1) is 0 Å². The topological polar surface area (TPSA) is 35.2 Å². The van der Waals surface area contributed by atoms with Gasteiger partial charge in [0, 0.05) is 13.2 Å². The zero-order chi connectivity index (χ0) is 8.91. The number of nitrogens with two attached hydrogens (primary N) is 1. The molecule has 0 spiro atoms. The van der Waals surface area contributed by atoms with Crippen LogP contribution in [0.2, 0.25) is 0 Å². The molecule has 0 fully saturated rings. The number of ether oxygens (including phenoxy) is 1. The van der Waals surface area contributed by atoms with Gasteiger partial charge in [-0.3, -0.25) is 0 Å². The average molecular weight is 171 g/mol. The van der Waals surface area contributed by atoms with Crippen molar-refractivity contribution in [1.82, 2.24) is 0 Å². The molecule has 0 radical (unpaired) electrons. The van der Waals surface area contributed by atoms with Crippen molar-refractivity contribution in [2.45, 2.75) is 25.6 Å². The van der Waals surface area contributed by atoms with E-state index in [9.17, 15) is 13.2 Å². The Morgan fingerprint density at radius 1 is 1.45 bits per heavy atom. The third-order valence-corrected chi connectivity index (χ3v) is 1.20. The minimum absolute atomic E-state index is 0.0666. The summed E-state index contributed by atoms with van der Waals surface area (Å²) in [5, 5.41) is 0. The van der Waals surface area contributed by atoms with Gasteiger partial charge in [0.1, 0.15) is 6.04 Å². The third kappa shape index (κ3) is 5.03. The summed E-state index contributed by atoms with van der Waals surface area (Å²) in [5.41, 5.74) is 4.79. The van der Waals surface area contributed by atoms with E-state index in [1.807, 2.05) is 0 Å². The van der Waals surface area contributed by atoms with Crippen LogP contribution in [-0.4, -0.2) is 25.4 Å². The molecule has 0 heterocycles. The van der Waals surface area contributed by atoms with Gasteiger partial charge in [-0.15, -0.1) is 0 Å². The Hall–Kier alpha value is -0.290. The smallest absolute Gasteiger partial charge is 0.382 e. The number of hydrogen-bond acceptors (Lipinski definition) is 2. The predicted molar refractivity (Wildman–Crippen MR) is 35.1 cm³/mol. The van der Waals surface area contributed by atoms with Gasteiger partial charge in [0.2, 0.25) is 0 Å². The summed E-state index contributed by atoms with van der Waals surface area (Å²) in [6, 6.07) is -1.76. The lowest BCUT2D eigenvalue weighted by Gasteiger charge is -2.14. The van der Waals surface area contributed by atoms with E-state index in [-0.39, 0.29) is 13.0 Å². The van der Waals surface area contributed by atoms with Crippen LogP contribution < -0.4 is 5.73 Å². The first kappa shape index (κ1) is 10.7. The van der Waals surface area contributed by atoms with Gasteiger partial charge in [-0.2, -0.15) is 13.2 Å². The lowest BCUT2D eigenvalue weighted by molar-refractivity contribution is -0.151. The molecule has 1 unspecified atom stereocenters. The van der Waals surface area contributed by atoms with Crippen LogP contribution in [0.15, 0.2) is 0 Å². The second-order valence-electron chi connectivity index (χ2n) is 2.13. The number of rotatable bonds is 4. The van der Waals surface area contributed by atoms with Gasteiger partial charge < -0.3 is 10.5 Å². The van der Waals surface area contributed by atoms with Crippen molar-refractivity contribution in [2.75, 3.05) is 13.2 Å². The first-order chi connectivity index (χ1) is 4.98. The van der Waals surface area contributed by atoms with Crippen LogP contribution in [0.25, 0.3) is 0 Å². The summed E-state index contributed by atoms with van der Waals surface area (Å²) in [7, 11) is 0. The van der Waals surface area contributed by atoms with Gasteiger partial charge in [0.25, 0.3) is 0 Å². The standard InChI is InChI=1S/C6H12F3NO/c1-2-11-4-3-5(10)6(7,8)9/h5H,2-4,10H2,1H3. The van der Waals surface area contributed by atoms with Gasteiger partial charge in [0.15, 0.2) is 0 Å². The van der Waals surface area contributed by atoms with Crippen LogP contribution in [0.5, 0.6) is 0 Å². The van der Waals surface area contributed by atoms with Crippen molar-refractivity contribution in [3.63, 3.8) is 0 Å². The summed E-state index contributed by atoms with van der Waals surface area (Å²) in [4.78, 5) is 0. The lowest BCUT2D eigenvalue weighted by Crippen LogP contribution is -2.38. The summed E-state index contributed by atoms with van der Waals surface area (Å²) >= 11 is 0. The first-order valence-corrected chi connectivity index (χ1v) is 3.38. The van der Waals surface area contributed by atoms with Crippen LogP contribution in [-0.2, 0) is 4.74 Å². The lowest BCUT2D eigenvalue weighted by atomic mass is 10.2. The Balaban J connectivity index is 3.44. The molecule has 2 N–H and O–H groups in total. The molecule has 0 saturated heterocycles. The van der Waals surface area contributed by atoms with E-state index in [1.54, 1.807) is 6.92 Å². The van der Waals surface area contributed by atoms with E-state index < -0.39 is 12.2 Å². The fraction of sp³-hybridized carbons (Fsp3) is 1.00. The number of halogens is 3. The maximum Gasteiger partial charge on any atom is 0.403 e. The SMILES string of the molecule is CCOCCC(N)C(F)(F)F.